The molecule has 0 radical (unpaired) electrons. The van der Waals surface area contributed by atoms with E-state index in [1.54, 1.807) is 24.3 Å². The van der Waals surface area contributed by atoms with E-state index < -0.39 is 12.1 Å². The van der Waals surface area contributed by atoms with Crippen LogP contribution in [0.5, 0.6) is 0 Å². The van der Waals surface area contributed by atoms with E-state index in [1.807, 2.05) is 38.1 Å². The van der Waals surface area contributed by atoms with Gasteiger partial charge in [-0.1, -0.05) is 49.7 Å². The Balaban J connectivity index is 1.77. The number of hydrogen-bond acceptors (Lipinski definition) is 3. The topological polar surface area (TPSA) is 113 Å². The van der Waals surface area contributed by atoms with Crippen molar-refractivity contribution in [3.8, 4) is 0 Å². The number of halogens is 1. The van der Waals surface area contributed by atoms with Gasteiger partial charge >= 0.3 is 6.03 Å². The molecular weight excluding hydrogens is 390 g/mol. The zero-order valence-electron chi connectivity index (χ0n) is 16.3. The standard InChI is InChI=1S/C21H24ClN5O2/c1-12(2)19(20-24-15-5-3-4-6-16(15)25-20)27-18(28)11-17(26-21(23)29)13-7-9-14(22)10-8-13/h3-10,12,17,19H,11H2,1-2H3,(H,24,25)(H,27,28)(H3,23,26,29)/t17-,19-/m0/s1. The van der Waals surface area contributed by atoms with Crippen molar-refractivity contribution in [2.75, 3.05) is 0 Å². The van der Waals surface area contributed by atoms with Crippen molar-refractivity contribution in [2.45, 2.75) is 32.4 Å². The maximum absolute atomic E-state index is 12.8. The number of carbonyl (C=O) groups is 2. The fraction of sp³-hybridized carbons (Fsp3) is 0.286. The molecule has 0 fully saturated rings. The van der Waals surface area contributed by atoms with Gasteiger partial charge in [0.2, 0.25) is 5.91 Å². The fourth-order valence-electron chi connectivity index (χ4n) is 3.21. The summed E-state index contributed by atoms with van der Waals surface area (Å²) in [5.74, 6) is 0.580. The molecule has 0 aliphatic heterocycles. The van der Waals surface area contributed by atoms with Crippen molar-refractivity contribution in [1.82, 2.24) is 20.6 Å². The summed E-state index contributed by atoms with van der Waals surface area (Å²) in [5.41, 5.74) is 7.80. The molecule has 0 saturated carbocycles. The number of rotatable bonds is 7. The largest absolute Gasteiger partial charge is 0.352 e. The predicted molar refractivity (Wildman–Crippen MR) is 113 cm³/mol. The lowest BCUT2D eigenvalue weighted by molar-refractivity contribution is -0.122. The molecule has 1 aromatic heterocycles. The SMILES string of the molecule is CC(C)[C@H](NC(=O)C[C@H](NC(N)=O)c1ccc(Cl)cc1)c1nc2ccccc2[nH]1. The lowest BCUT2D eigenvalue weighted by atomic mass is 10.0. The first-order chi connectivity index (χ1) is 13.8. The van der Waals surface area contributed by atoms with Crippen molar-refractivity contribution in [2.24, 2.45) is 11.7 Å². The summed E-state index contributed by atoms with van der Waals surface area (Å²) in [5, 5.41) is 6.22. The number of para-hydroxylation sites is 2. The van der Waals surface area contributed by atoms with Gasteiger partial charge in [-0.2, -0.15) is 0 Å². The molecule has 2 aromatic carbocycles. The van der Waals surface area contributed by atoms with E-state index in [0.717, 1.165) is 16.6 Å². The van der Waals surface area contributed by atoms with E-state index in [2.05, 4.69) is 20.6 Å². The van der Waals surface area contributed by atoms with Crippen LogP contribution in [0.3, 0.4) is 0 Å². The second-order valence-corrected chi connectivity index (χ2v) is 7.68. The van der Waals surface area contributed by atoms with E-state index in [4.69, 9.17) is 17.3 Å². The van der Waals surface area contributed by atoms with Gasteiger partial charge in [0.1, 0.15) is 5.82 Å². The Kier molecular flexibility index (Phi) is 6.39. The number of imidazole rings is 1. The Labute approximate surface area is 174 Å². The normalized spacial score (nSPS) is 13.2. The van der Waals surface area contributed by atoms with Crippen LogP contribution in [0.2, 0.25) is 5.02 Å². The summed E-state index contributed by atoms with van der Waals surface area (Å²) in [4.78, 5) is 32.1. The minimum atomic E-state index is -0.699. The molecule has 0 spiro atoms. The van der Waals surface area contributed by atoms with Gasteiger partial charge in [0.05, 0.1) is 29.5 Å². The highest BCUT2D eigenvalue weighted by atomic mass is 35.5. The van der Waals surface area contributed by atoms with Crippen molar-refractivity contribution < 1.29 is 9.59 Å². The summed E-state index contributed by atoms with van der Waals surface area (Å²) in [6, 6.07) is 13.1. The van der Waals surface area contributed by atoms with Crippen molar-refractivity contribution in [3.63, 3.8) is 0 Å². The first-order valence-electron chi connectivity index (χ1n) is 9.39. The molecule has 0 unspecified atom stereocenters. The van der Waals surface area contributed by atoms with Gasteiger partial charge in [-0.3, -0.25) is 4.79 Å². The molecule has 7 nitrogen and oxygen atoms in total. The maximum atomic E-state index is 12.8. The molecule has 3 aromatic rings. The van der Waals surface area contributed by atoms with E-state index >= 15 is 0 Å². The van der Waals surface area contributed by atoms with Crippen LogP contribution in [-0.2, 0) is 4.79 Å². The van der Waals surface area contributed by atoms with Crippen LogP contribution in [0.1, 0.15) is 43.7 Å². The van der Waals surface area contributed by atoms with Crippen LogP contribution in [0.15, 0.2) is 48.5 Å². The number of carbonyl (C=O) groups excluding carboxylic acids is 2. The van der Waals surface area contributed by atoms with Crippen molar-refractivity contribution in [3.05, 3.63) is 64.9 Å². The van der Waals surface area contributed by atoms with Gasteiger partial charge in [-0.15, -0.1) is 0 Å². The Morgan fingerprint density at radius 1 is 1.10 bits per heavy atom. The molecule has 29 heavy (non-hydrogen) atoms. The second-order valence-electron chi connectivity index (χ2n) is 7.25. The average Bonchev–Trinajstić information content (AvgIpc) is 3.09. The number of primary amides is 1. The van der Waals surface area contributed by atoms with E-state index in [0.29, 0.717) is 10.8 Å². The molecule has 1 heterocycles. The second kappa shape index (κ2) is 8.96. The summed E-state index contributed by atoms with van der Waals surface area (Å²) in [6.07, 6.45) is 0.0357. The third kappa shape index (κ3) is 5.26. The molecule has 5 N–H and O–H groups in total. The average molecular weight is 414 g/mol. The van der Waals surface area contributed by atoms with Crippen LogP contribution in [-0.4, -0.2) is 21.9 Å². The third-order valence-corrected chi connectivity index (χ3v) is 4.92. The van der Waals surface area contributed by atoms with E-state index in [1.165, 1.54) is 0 Å². The number of nitrogens with two attached hydrogens (primary N) is 1. The summed E-state index contributed by atoms with van der Waals surface area (Å²) >= 11 is 5.93. The summed E-state index contributed by atoms with van der Waals surface area (Å²) < 4.78 is 0. The number of fused-ring (bicyclic) bond motifs is 1. The molecule has 0 aliphatic rings. The maximum Gasteiger partial charge on any atom is 0.312 e. The number of aromatic amines is 1. The summed E-state index contributed by atoms with van der Waals surface area (Å²) in [6.45, 7) is 4.02. The molecule has 3 amide bonds. The quantitative estimate of drug-likeness (QED) is 0.472. The smallest absolute Gasteiger partial charge is 0.312 e. The van der Waals surface area contributed by atoms with Gasteiger partial charge in [-0.25, -0.2) is 9.78 Å². The van der Waals surface area contributed by atoms with E-state index in [-0.39, 0.29) is 24.3 Å². The third-order valence-electron chi connectivity index (χ3n) is 4.66. The minimum Gasteiger partial charge on any atom is -0.352 e. The van der Waals surface area contributed by atoms with Crippen LogP contribution in [0, 0.1) is 5.92 Å². The van der Waals surface area contributed by atoms with Crippen molar-refractivity contribution in [1.29, 1.82) is 0 Å². The van der Waals surface area contributed by atoms with Crippen LogP contribution < -0.4 is 16.4 Å². The first kappa shape index (κ1) is 20.7. The minimum absolute atomic E-state index is 0.0357. The Morgan fingerprint density at radius 3 is 2.41 bits per heavy atom. The highest BCUT2D eigenvalue weighted by molar-refractivity contribution is 6.30. The number of hydrogen-bond donors (Lipinski definition) is 4. The molecule has 3 rings (SSSR count). The zero-order valence-corrected chi connectivity index (χ0v) is 17.0. The predicted octanol–water partition coefficient (Wildman–Crippen LogP) is 3.83. The van der Waals surface area contributed by atoms with E-state index in [9.17, 15) is 9.59 Å². The highest BCUT2D eigenvalue weighted by Crippen LogP contribution is 2.24. The van der Waals surface area contributed by atoms with Crippen molar-refractivity contribution >= 4 is 34.6 Å². The molecule has 0 bridgehead atoms. The van der Waals surface area contributed by atoms with Gasteiger partial charge in [0.15, 0.2) is 0 Å². The number of urea groups is 1. The van der Waals surface area contributed by atoms with Gasteiger partial charge in [0.25, 0.3) is 0 Å². The van der Waals surface area contributed by atoms with Crippen LogP contribution >= 0.6 is 11.6 Å². The van der Waals surface area contributed by atoms with Gasteiger partial charge in [-0.05, 0) is 35.7 Å². The Morgan fingerprint density at radius 2 is 1.79 bits per heavy atom. The van der Waals surface area contributed by atoms with Gasteiger partial charge < -0.3 is 21.4 Å². The Hall–Kier alpha value is -3.06. The number of benzene rings is 2. The Bertz CT molecular complexity index is 967. The number of amides is 3. The highest BCUT2D eigenvalue weighted by Gasteiger charge is 2.24. The van der Waals surface area contributed by atoms with Gasteiger partial charge in [0, 0.05) is 5.02 Å². The number of nitrogens with one attached hydrogen (secondary N) is 3. The lowest BCUT2D eigenvalue weighted by Crippen LogP contribution is -2.38. The first-order valence-corrected chi connectivity index (χ1v) is 9.76. The van der Waals surface area contributed by atoms with Crippen LogP contribution in [0.4, 0.5) is 4.79 Å². The molecule has 0 aliphatic carbocycles. The monoisotopic (exact) mass is 413 g/mol. The fourth-order valence-corrected chi connectivity index (χ4v) is 3.33. The molecular formula is C21H24ClN5O2. The molecule has 152 valence electrons. The lowest BCUT2D eigenvalue weighted by Gasteiger charge is -2.23. The molecule has 8 heteroatoms. The number of H-pyrrole nitrogens is 1. The number of nitrogens with zero attached hydrogens (tertiary/aromatic N) is 1. The molecule has 2 atom stereocenters. The summed E-state index contributed by atoms with van der Waals surface area (Å²) in [7, 11) is 0. The number of aromatic nitrogens is 2. The van der Waals surface area contributed by atoms with Crippen LogP contribution in [0.25, 0.3) is 11.0 Å². The zero-order chi connectivity index (χ0) is 21.0. The molecule has 0 saturated heterocycles.